The molecule has 1 saturated heterocycles. The summed E-state index contributed by atoms with van der Waals surface area (Å²) in [7, 11) is 0. The highest BCUT2D eigenvalue weighted by molar-refractivity contribution is 9.10. The number of carbonyl (C=O) groups is 1. The molecule has 14 heavy (non-hydrogen) atoms. The Hall–Kier alpha value is -0.390. The van der Waals surface area contributed by atoms with E-state index in [1.54, 1.807) is 4.90 Å². The lowest BCUT2D eigenvalue weighted by atomic mass is 10.3. The summed E-state index contributed by atoms with van der Waals surface area (Å²) in [5.74, 6) is 0.511. The average Bonchev–Trinajstić information content (AvgIpc) is 2.49. The van der Waals surface area contributed by atoms with E-state index in [2.05, 4.69) is 15.9 Å². The fraction of sp³-hybridized carbons (Fsp3) is 0.111. The number of thiocarbonyl (C=S) groups is 1. The van der Waals surface area contributed by atoms with Crippen LogP contribution in [-0.2, 0) is 4.79 Å². The molecular weight excluding hydrogens is 282 g/mol. The highest BCUT2D eigenvalue weighted by Crippen LogP contribution is 2.27. The van der Waals surface area contributed by atoms with Crippen molar-refractivity contribution in [2.75, 3.05) is 10.7 Å². The third-order valence-corrected chi connectivity index (χ3v) is 3.72. The third kappa shape index (κ3) is 1.85. The number of benzene rings is 1. The number of hydrogen-bond donors (Lipinski definition) is 0. The Morgan fingerprint density at radius 2 is 2.00 bits per heavy atom. The Balaban J connectivity index is 2.34. The van der Waals surface area contributed by atoms with Crippen molar-refractivity contribution in [3.05, 3.63) is 28.7 Å². The molecule has 72 valence electrons. The fourth-order valence-corrected chi connectivity index (χ4v) is 2.55. The Morgan fingerprint density at radius 1 is 1.36 bits per heavy atom. The molecule has 0 spiro atoms. The lowest BCUT2D eigenvalue weighted by Gasteiger charge is -2.14. The summed E-state index contributed by atoms with van der Waals surface area (Å²) in [5, 5.41) is 0. The SMILES string of the molecule is O=C1CSC(=S)N1c1ccc(Br)cc1. The van der Waals surface area contributed by atoms with E-state index in [0.717, 1.165) is 10.2 Å². The molecule has 0 N–H and O–H groups in total. The summed E-state index contributed by atoms with van der Waals surface area (Å²) >= 11 is 9.84. The molecule has 5 heteroatoms. The van der Waals surface area contributed by atoms with Gasteiger partial charge < -0.3 is 0 Å². The van der Waals surface area contributed by atoms with Gasteiger partial charge in [-0.1, -0.05) is 39.9 Å². The molecule has 0 radical (unpaired) electrons. The van der Waals surface area contributed by atoms with E-state index in [1.807, 2.05) is 24.3 Å². The van der Waals surface area contributed by atoms with E-state index in [1.165, 1.54) is 11.8 Å². The minimum atomic E-state index is 0.0577. The van der Waals surface area contributed by atoms with Crippen molar-refractivity contribution in [2.45, 2.75) is 0 Å². The van der Waals surface area contributed by atoms with Gasteiger partial charge in [0, 0.05) is 4.47 Å². The molecule has 1 aromatic carbocycles. The first-order valence-electron chi connectivity index (χ1n) is 3.94. The fourth-order valence-electron chi connectivity index (χ4n) is 1.19. The first-order chi connectivity index (χ1) is 6.68. The van der Waals surface area contributed by atoms with E-state index in [-0.39, 0.29) is 5.91 Å². The van der Waals surface area contributed by atoms with Gasteiger partial charge in [0.1, 0.15) is 4.32 Å². The highest BCUT2D eigenvalue weighted by atomic mass is 79.9. The van der Waals surface area contributed by atoms with Crippen molar-refractivity contribution in [1.82, 2.24) is 0 Å². The van der Waals surface area contributed by atoms with Gasteiger partial charge >= 0.3 is 0 Å². The first-order valence-corrected chi connectivity index (χ1v) is 6.12. The molecule has 1 fully saturated rings. The zero-order valence-corrected chi connectivity index (χ0v) is 10.3. The van der Waals surface area contributed by atoms with Crippen LogP contribution in [0, 0.1) is 0 Å². The van der Waals surface area contributed by atoms with Gasteiger partial charge in [0.05, 0.1) is 11.4 Å². The molecule has 2 rings (SSSR count). The molecule has 0 aliphatic carbocycles. The minimum absolute atomic E-state index is 0.0577. The summed E-state index contributed by atoms with van der Waals surface area (Å²) in [5.41, 5.74) is 0.841. The Morgan fingerprint density at radius 3 is 2.50 bits per heavy atom. The molecule has 1 amide bonds. The van der Waals surface area contributed by atoms with Crippen LogP contribution < -0.4 is 4.90 Å². The van der Waals surface area contributed by atoms with Gasteiger partial charge in [-0.15, -0.1) is 0 Å². The Bertz CT molecular complexity index is 374. The van der Waals surface area contributed by atoms with Crippen LogP contribution in [0.15, 0.2) is 28.7 Å². The second-order valence-electron chi connectivity index (χ2n) is 2.76. The van der Waals surface area contributed by atoms with Crippen LogP contribution in [0.25, 0.3) is 0 Å². The van der Waals surface area contributed by atoms with Crippen LogP contribution >= 0.6 is 39.9 Å². The van der Waals surface area contributed by atoms with E-state index in [4.69, 9.17) is 12.2 Å². The molecule has 1 aliphatic heterocycles. The third-order valence-electron chi connectivity index (χ3n) is 1.84. The number of halogens is 1. The van der Waals surface area contributed by atoms with Gasteiger partial charge in [-0.3, -0.25) is 9.69 Å². The average molecular weight is 288 g/mol. The smallest absolute Gasteiger partial charge is 0.243 e. The quantitative estimate of drug-likeness (QED) is 0.741. The molecule has 0 unspecified atom stereocenters. The highest BCUT2D eigenvalue weighted by Gasteiger charge is 2.27. The van der Waals surface area contributed by atoms with Crippen LogP contribution in [-0.4, -0.2) is 16.0 Å². The molecule has 0 aromatic heterocycles. The van der Waals surface area contributed by atoms with Crippen molar-refractivity contribution in [2.24, 2.45) is 0 Å². The first kappa shape index (κ1) is 10.1. The zero-order valence-electron chi connectivity index (χ0n) is 7.07. The maximum atomic E-state index is 11.5. The Labute approximate surface area is 99.8 Å². The van der Waals surface area contributed by atoms with Crippen molar-refractivity contribution in [3.63, 3.8) is 0 Å². The van der Waals surface area contributed by atoms with E-state index in [0.29, 0.717) is 10.1 Å². The summed E-state index contributed by atoms with van der Waals surface area (Å²) in [6.07, 6.45) is 0. The van der Waals surface area contributed by atoms with Gasteiger partial charge in [-0.05, 0) is 24.3 Å². The normalized spacial score (nSPS) is 16.5. The molecule has 0 bridgehead atoms. The summed E-state index contributed by atoms with van der Waals surface area (Å²) in [4.78, 5) is 13.1. The van der Waals surface area contributed by atoms with E-state index in [9.17, 15) is 4.79 Å². The second-order valence-corrected chi connectivity index (χ2v) is 5.28. The predicted octanol–water partition coefficient (Wildman–Crippen LogP) is 2.81. The van der Waals surface area contributed by atoms with Gasteiger partial charge in [-0.25, -0.2) is 0 Å². The standard InChI is InChI=1S/C9H6BrNOS2/c10-6-1-3-7(4-2-6)11-8(12)5-14-9(11)13/h1-4H,5H2. The number of rotatable bonds is 1. The van der Waals surface area contributed by atoms with Gasteiger partial charge in [0.2, 0.25) is 5.91 Å². The number of anilines is 1. The largest absolute Gasteiger partial charge is 0.273 e. The van der Waals surface area contributed by atoms with Crippen LogP contribution in [0.1, 0.15) is 0 Å². The van der Waals surface area contributed by atoms with Gasteiger partial charge in [0.15, 0.2) is 0 Å². The molecule has 2 nitrogen and oxygen atoms in total. The molecule has 1 heterocycles. The Kier molecular flexibility index (Phi) is 2.90. The molecule has 0 saturated carbocycles. The van der Waals surface area contributed by atoms with Crippen LogP contribution in [0.5, 0.6) is 0 Å². The van der Waals surface area contributed by atoms with Crippen molar-refractivity contribution in [1.29, 1.82) is 0 Å². The van der Waals surface area contributed by atoms with Crippen LogP contribution in [0.2, 0.25) is 0 Å². The second kappa shape index (κ2) is 4.00. The van der Waals surface area contributed by atoms with Gasteiger partial charge in [-0.2, -0.15) is 0 Å². The summed E-state index contributed by atoms with van der Waals surface area (Å²) in [6.45, 7) is 0. The van der Waals surface area contributed by atoms with Crippen molar-refractivity contribution >= 4 is 55.8 Å². The predicted molar refractivity (Wildman–Crippen MR) is 66.7 cm³/mol. The maximum absolute atomic E-state index is 11.5. The summed E-state index contributed by atoms with van der Waals surface area (Å²) < 4.78 is 1.63. The van der Waals surface area contributed by atoms with Crippen molar-refractivity contribution < 1.29 is 4.79 Å². The van der Waals surface area contributed by atoms with E-state index >= 15 is 0 Å². The number of hydrogen-bond acceptors (Lipinski definition) is 3. The maximum Gasteiger partial charge on any atom is 0.243 e. The molecule has 1 aromatic rings. The minimum Gasteiger partial charge on any atom is -0.273 e. The monoisotopic (exact) mass is 287 g/mol. The zero-order chi connectivity index (χ0) is 10.1. The van der Waals surface area contributed by atoms with E-state index < -0.39 is 0 Å². The lowest BCUT2D eigenvalue weighted by Crippen LogP contribution is -2.27. The van der Waals surface area contributed by atoms with Crippen LogP contribution in [0.3, 0.4) is 0 Å². The number of amides is 1. The summed E-state index contributed by atoms with van der Waals surface area (Å²) in [6, 6.07) is 7.54. The van der Waals surface area contributed by atoms with Gasteiger partial charge in [0.25, 0.3) is 0 Å². The number of nitrogens with zero attached hydrogens (tertiary/aromatic N) is 1. The van der Waals surface area contributed by atoms with Crippen LogP contribution in [0.4, 0.5) is 5.69 Å². The molecular formula is C9H6BrNOS2. The number of thioether (sulfide) groups is 1. The topological polar surface area (TPSA) is 20.3 Å². The van der Waals surface area contributed by atoms with Crippen molar-refractivity contribution in [3.8, 4) is 0 Å². The number of carbonyl (C=O) groups excluding carboxylic acids is 1. The molecule has 0 atom stereocenters. The lowest BCUT2D eigenvalue weighted by molar-refractivity contribution is -0.115. The molecule has 1 aliphatic rings.